The third-order valence-corrected chi connectivity index (χ3v) is 3.95. The monoisotopic (exact) mass is 289 g/mol. The molecule has 1 rings (SSSR count). The van der Waals surface area contributed by atoms with Gasteiger partial charge in [0.15, 0.2) is 0 Å². The third-order valence-electron chi connectivity index (χ3n) is 3.95. The van der Waals surface area contributed by atoms with Crippen LogP contribution in [0.25, 0.3) is 0 Å². The molecule has 0 aromatic heterocycles. The van der Waals surface area contributed by atoms with Crippen molar-refractivity contribution in [3.63, 3.8) is 0 Å². The molecule has 0 bridgehead atoms. The third kappa shape index (κ3) is 7.89. The van der Waals surface area contributed by atoms with Crippen molar-refractivity contribution in [2.45, 2.75) is 66.2 Å². The van der Waals surface area contributed by atoms with Crippen molar-refractivity contribution in [1.29, 1.82) is 0 Å². The van der Waals surface area contributed by atoms with Crippen molar-refractivity contribution in [2.24, 2.45) is 0 Å². The highest BCUT2D eigenvalue weighted by Crippen LogP contribution is 2.13. The summed E-state index contributed by atoms with van der Waals surface area (Å²) < 4.78 is 0. The van der Waals surface area contributed by atoms with Gasteiger partial charge in [-0.1, -0.05) is 34.9 Å². The maximum atomic E-state index is 11.5. The van der Waals surface area contributed by atoms with Crippen molar-refractivity contribution >= 4 is 5.91 Å². The van der Waals surface area contributed by atoms with Crippen LogP contribution in [0.1, 0.15) is 66.2 Å². The Kier molecular flexibility index (Phi) is 8.11. The van der Waals surface area contributed by atoms with Gasteiger partial charge in [0, 0.05) is 19.5 Å². The summed E-state index contributed by atoms with van der Waals surface area (Å²) in [5, 5.41) is 0. The van der Waals surface area contributed by atoms with Crippen LogP contribution in [0.4, 0.5) is 0 Å². The number of allylic oxidation sites excluding steroid dienone is 5. The lowest BCUT2D eigenvalue weighted by Gasteiger charge is -2.13. The van der Waals surface area contributed by atoms with E-state index in [1.165, 1.54) is 16.7 Å². The van der Waals surface area contributed by atoms with Crippen LogP contribution in [0.15, 0.2) is 34.9 Å². The molecule has 2 nitrogen and oxygen atoms in total. The Morgan fingerprint density at radius 1 is 1.00 bits per heavy atom. The van der Waals surface area contributed by atoms with E-state index in [0.29, 0.717) is 5.91 Å². The van der Waals surface area contributed by atoms with Gasteiger partial charge in [-0.3, -0.25) is 4.79 Å². The van der Waals surface area contributed by atoms with E-state index in [2.05, 4.69) is 45.9 Å². The van der Waals surface area contributed by atoms with Crippen LogP contribution in [0.5, 0.6) is 0 Å². The first-order valence-electron chi connectivity index (χ1n) is 8.21. The van der Waals surface area contributed by atoms with Gasteiger partial charge in [-0.25, -0.2) is 0 Å². The smallest absolute Gasteiger partial charge is 0.222 e. The molecule has 1 aliphatic heterocycles. The fourth-order valence-electron chi connectivity index (χ4n) is 2.50. The molecule has 21 heavy (non-hydrogen) atoms. The molecule has 0 aliphatic carbocycles. The first kappa shape index (κ1) is 17.7. The molecule has 0 spiro atoms. The van der Waals surface area contributed by atoms with Crippen molar-refractivity contribution < 1.29 is 4.79 Å². The average molecular weight is 289 g/mol. The van der Waals surface area contributed by atoms with Gasteiger partial charge in [-0.05, 0) is 59.8 Å². The Bertz CT molecular complexity index is 425. The lowest BCUT2D eigenvalue weighted by molar-refractivity contribution is -0.127. The Morgan fingerprint density at radius 2 is 1.62 bits per heavy atom. The highest BCUT2D eigenvalue weighted by molar-refractivity contribution is 5.78. The highest BCUT2D eigenvalue weighted by Gasteiger charge is 2.18. The highest BCUT2D eigenvalue weighted by atomic mass is 16.2. The SMILES string of the molecule is CC(C)=CCC/C(C)=C/CC/C(C)=C/CN1CCCC1=O. The summed E-state index contributed by atoms with van der Waals surface area (Å²) in [7, 11) is 0. The maximum Gasteiger partial charge on any atom is 0.222 e. The maximum absolute atomic E-state index is 11.5. The normalized spacial score (nSPS) is 16.6. The summed E-state index contributed by atoms with van der Waals surface area (Å²) in [5.41, 5.74) is 4.27. The number of carbonyl (C=O) groups is 1. The van der Waals surface area contributed by atoms with Crippen molar-refractivity contribution in [3.05, 3.63) is 34.9 Å². The summed E-state index contributed by atoms with van der Waals surface area (Å²) in [5.74, 6) is 0.314. The zero-order valence-corrected chi connectivity index (χ0v) is 14.2. The van der Waals surface area contributed by atoms with E-state index in [4.69, 9.17) is 0 Å². The second kappa shape index (κ2) is 9.59. The van der Waals surface area contributed by atoms with Crippen LogP contribution in [0.3, 0.4) is 0 Å². The van der Waals surface area contributed by atoms with E-state index in [0.717, 1.165) is 51.6 Å². The Morgan fingerprint density at radius 3 is 2.19 bits per heavy atom. The molecular weight excluding hydrogens is 258 g/mol. The van der Waals surface area contributed by atoms with Crippen LogP contribution in [-0.2, 0) is 4.79 Å². The average Bonchev–Trinajstić information content (AvgIpc) is 2.81. The standard InChI is InChI=1S/C19H31NO/c1-16(2)8-5-9-17(3)10-6-11-18(4)13-15-20-14-7-12-19(20)21/h8,10,13H,5-7,9,11-12,14-15H2,1-4H3/b17-10+,18-13+. The number of carbonyl (C=O) groups excluding carboxylic acids is 1. The van der Waals surface area contributed by atoms with Gasteiger partial charge in [-0.15, -0.1) is 0 Å². The van der Waals surface area contributed by atoms with E-state index >= 15 is 0 Å². The number of hydrogen-bond acceptors (Lipinski definition) is 1. The predicted octanol–water partition coefficient (Wildman–Crippen LogP) is 5.03. The fourth-order valence-corrected chi connectivity index (χ4v) is 2.50. The van der Waals surface area contributed by atoms with Gasteiger partial charge in [0.2, 0.25) is 5.91 Å². The molecule has 1 saturated heterocycles. The number of rotatable bonds is 8. The first-order valence-corrected chi connectivity index (χ1v) is 8.21. The molecule has 0 atom stereocenters. The van der Waals surface area contributed by atoms with Crippen LogP contribution in [0, 0.1) is 0 Å². The minimum absolute atomic E-state index is 0.314. The number of likely N-dealkylation sites (tertiary alicyclic amines) is 1. The first-order chi connectivity index (χ1) is 9.99. The quantitative estimate of drug-likeness (QED) is 0.574. The van der Waals surface area contributed by atoms with Crippen LogP contribution in [0.2, 0.25) is 0 Å². The van der Waals surface area contributed by atoms with E-state index in [1.54, 1.807) is 0 Å². The Hall–Kier alpha value is -1.31. The molecule has 1 amide bonds. The molecule has 1 aliphatic rings. The zero-order chi connectivity index (χ0) is 15.7. The summed E-state index contributed by atoms with van der Waals surface area (Å²) in [6.45, 7) is 10.4. The topological polar surface area (TPSA) is 20.3 Å². The molecular formula is C19H31NO. The number of hydrogen-bond donors (Lipinski definition) is 0. The van der Waals surface area contributed by atoms with Crippen LogP contribution in [-0.4, -0.2) is 23.9 Å². The Labute approximate surface area is 130 Å². The van der Waals surface area contributed by atoms with Crippen molar-refractivity contribution in [2.75, 3.05) is 13.1 Å². The second-order valence-corrected chi connectivity index (χ2v) is 6.40. The van der Waals surface area contributed by atoms with Crippen LogP contribution < -0.4 is 0 Å². The van der Waals surface area contributed by atoms with E-state index < -0.39 is 0 Å². The largest absolute Gasteiger partial charge is 0.339 e. The second-order valence-electron chi connectivity index (χ2n) is 6.40. The van der Waals surface area contributed by atoms with E-state index in [-0.39, 0.29) is 0 Å². The van der Waals surface area contributed by atoms with Gasteiger partial charge in [0.25, 0.3) is 0 Å². The molecule has 1 heterocycles. The minimum atomic E-state index is 0.314. The molecule has 2 heteroatoms. The summed E-state index contributed by atoms with van der Waals surface area (Å²) in [4.78, 5) is 13.5. The molecule has 118 valence electrons. The summed E-state index contributed by atoms with van der Waals surface area (Å²) >= 11 is 0. The van der Waals surface area contributed by atoms with Gasteiger partial charge < -0.3 is 4.90 Å². The molecule has 0 aromatic carbocycles. The lowest BCUT2D eigenvalue weighted by Crippen LogP contribution is -2.24. The van der Waals surface area contributed by atoms with Crippen LogP contribution >= 0.6 is 0 Å². The van der Waals surface area contributed by atoms with E-state index in [9.17, 15) is 4.79 Å². The summed E-state index contributed by atoms with van der Waals surface area (Å²) in [6, 6.07) is 0. The van der Waals surface area contributed by atoms with Crippen molar-refractivity contribution in [3.8, 4) is 0 Å². The minimum Gasteiger partial charge on any atom is -0.339 e. The molecule has 0 unspecified atom stereocenters. The lowest BCUT2D eigenvalue weighted by atomic mass is 10.1. The molecule has 0 aromatic rings. The van der Waals surface area contributed by atoms with Crippen molar-refractivity contribution in [1.82, 2.24) is 4.90 Å². The van der Waals surface area contributed by atoms with Gasteiger partial charge in [-0.2, -0.15) is 0 Å². The molecule has 0 N–H and O–H groups in total. The molecule has 0 saturated carbocycles. The fraction of sp³-hybridized carbons (Fsp3) is 0.632. The number of nitrogens with zero attached hydrogens (tertiary/aromatic N) is 1. The van der Waals surface area contributed by atoms with E-state index in [1.807, 2.05) is 4.90 Å². The number of amides is 1. The summed E-state index contributed by atoms with van der Waals surface area (Å²) in [6.07, 6.45) is 13.2. The van der Waals surface area contributed by atoms with Gasteiger partial charge in [0.1, 0.15) is 0 Å². The van der Waals surface area contributed by atoms with Gasteiger partial charge >= 0.3 is 0 Å². The predicted molar refractivity (Wildman–Crippen MR) is 91.2 cm³/mol. The van der Waals surface area contributed by atoms with Gasteiger partial charge in [0.05, 0.1) is 0 Å². The molecule has 0 radical (unpaired) electrons. The Balaban J connectivity index is 2.23. The zero-order valence-electron chi connectivity index (χ0n) is 14.2. The molecule has 1 fully saturated rings.